The van der Waals surface area contributed by atoms with Gasteiger partial charge in [0.05, 0.1) is 11.1 Å². The van der Waals surface area contributed by atoms with Gasteiger partial charge in [0.25, 0.3) is 0 Å². The zero-order valence-corrected chi connectivity index (χ0v) is 16.8. The topological polar surface area (TPSA) is 93.1 Å². The lowest BCUT2D eigenvalue weighted by molar-refractivity contribution is 0.0686. The van der Waals surface area contributed by atoms with Crippen LogP contribution in [0.3, 0.4) is 0 Å². The van der Waals surface area contributed by atoms with Crippen molar-refractivity contribution in [3.63, 3.8) is 0 Å². The third-order valence-electron chi connectivity index (χ3n) is 4.72. The van der Waals surface area contributed by atoms with E-state index in [2.05, 4.69) is 0 Å². The summed E-state index contributed by atoms with van der Waals surface area (Å²) in [5.41, 5.74) is 1.93. The second-order valence-electron chi connectivity index (χ2n) is 6.86. The average molecular weight is 426 g/mol. The molecule has 0 fully saturated rings. The van der Waals surface area contributed by atoms with Gasteiger partial charge in [0.15, 0.2) is 0 Å². The molecule has 0 saturated carbocycles. The summed E-state index contributed by atoms with van der Waals surface area (Å²) in [6.07, 6.45) is 0. The number of aromatic carboxylic acids is 2. The summed E-state index contributed by atoms with van der Waals surface area (Å²) < 4.78 is 12.1. The molecule has 4 rings (SSSR count). The van der Waals surface area contributed by atoms with Gasteiger partial charge >= 0.3 is 11.9 Å². The van der Waals surface area contributed by atoms with Gasteiger partial charge in [-0.05, 0) is 60.7 Å². The number of hydrogen-bond donors (Lipinski definition) is 2. The minimum absolute atomic E-state index is 0.179. The number of hydrogen-bond acceptors (Lipinski definition) is 4. The van der Waals surface area contributed by atoms with Crippen LogP contribution in [0.15, 0.2) is 97.1 Å². The van der Waals surface area contributed by atoms with Crippen molar-refractivity contribution in [2.75, 3.05) is 0 Å². The van der Waals surface area contributed by atoms with Crippen molar-refractivity contribution in [2.24, 2.45) is 0 Å². The lowest BCUT2D eigenvalue weighted by Gasteiger charge is -2.15. The molecule has 0 bridgehead atoms. The number of carboxylic acid groups (broad SMARTS) is 2. The first kappa shape index (κ1) is 20.7. The first-order valence-electron chi connectivity index (χ1n) is 9.72. The van der Waals surface area contributed by atoms with Crippen LogP contribution in [0.1, 0.15) is 20.7 Å². The summed E-state index contributed by atoms with van der Waals surface area (Å²) in [6.45, 7) is 0. The van der Waals surface area contributed by atoms with E-state index < -0.39 is 11.9 Å². The second kappa shape index (κ2) is 9.06. The molecule has 0 aromatic heterocycles. The third kappa shape index (κ3) is 4.60. The predicted octanol–water partition coefficient (Wildman–Crippen LogP) is 6.33. The fraction of sp³-hybridized carbons (Fsp3) is 0. The summed E-state index contributed by atoms with van der Waals surface area (Å²) in [6, 6.07) is 27.2. The molecule has 0 saturated heterocycles. The van der Waals surface area contributed by atoms with Crippen molar-refractivity contribution in [2.45, 2.75) is 0 Å². The summed E-state index contributed by atoms with van der Waals surface area (Å²) in [7, 11) is 0. The van der Waals surface area contributed by atoms with Crippen molar-refractivity contribution >= 4 is 11.9 Å². The summed E-state index contributed by atoms with van der Waals surface area (Å²) in [5.74, 6) is 0.162. The number of benzene rings is 4. The Kier molecular flexibility index (Phi) is 5.85. The Hall–Kier alpha value is -4.58. The third-order valence-corrected chi connectivity index (χ3v) is 4.72. The minimum Gasteiger partial charge on any atom is -0.478 e. The first-order valence-corrected chi connectivity index (χ1v) is 9.72. The molecule has 0 spiro atoms. The number of para-hydroxylation sites is 2. The molecule has 6 heteroatoms. The highest BCUT2D eigenvalue weighted by atomic mass is 16.5. The zero-order valence-electron chi connectivity index (χ0n) is 16.8. The van der Waals surface area contributed by atoms with Crippen molar-refractivity contribution in [3.05, 3.63) is 108 Å². The van der Waals surface area contributed by atoms with E-state index in [1.165, 1.54) is 24.3 Å². The van der Waals surface area contributed by atoms with Gasteiger partial charge in [-0.15, -0.1) is 0 Å². The van der Waals surface area contributed by atoms with Gasteiger partial charge in [-0.2, -0.15) is 0 Å². The van der Waals surface area contributed by atoms with E-state index in [1.54, 1.807) is 24.3 Å². The second-order valence-corrected chi connectivity index (χ2v) is 6.86. The van der Waals surface area contributed by atoms with Gasteiger partial charge in [0.1, 0.15) is 23.0 Å². The Balaban J connectivity index is 1.64. The van der Waals surface area contributed by atoms with Gasteiger partial charge in [0.2, 0.25) is 0 Å². The average Bonchev–Trinajstić information content (AvgIpc) is 2.81. The molecule has 4 aromatic rings. The van der Waals surface area contributed by atoms with Crippen molar-refractivity contribution < 1.29 is 29.3 Å². The number of ether oxygens (including phenoxy) is 2. The maximum absolute atomic E-state index is 11.1. The largest absolute Gasteiger partial charge is 0.478 e. The molecule has 0 aliphatic heterocycles. The van der Waals surface area contributed by atoms with E-state index in [1.807, 2.05) is 48.5 Å². The van der Waals surface area contributed by atoms with Gasteiger partial charge in [-0.1, -0.05) is 36.4 Å². The van der Waals surface area contributed by atoms with E-state index in [0.29, 0.717) is 23.0 Å². The lowest BCUT2D eigenvalue weighted by Crippen LogP contribution is -1.96. The highest BCUT2D eigenvalue weighted by molar-refractivity contribution is 5.88. The molecular weight excluding hydrogens is 408 g/mol. The van der Waals surface area contributed by atoms with Crippen LogP contribution < -0.4 is 9.47 Å². The minimum atomic E-state index is -1.00. The van der Waals surface area contributed by atoms with Crippen molar-refractivity contribution in [1.29, 1.82) is 0 Å². The van der Waals surface area contributed by atoms with Gasteiger partial charge in [-0.25, -0.2) is 9.59 Å². The smallest absolute Gasteiger partial charge is 0.335 e. The van der Waals surface area contributed by atoms with Crippen LogP contribution in [0.2, 0.25) is 0 Å². The molecular formula is C26H18O6. The molecule has 0 radical (unpaired) electrons. The molecule has 0 atom stereocenters. The van der Waals surface area contributed by atoms with Crippen molar-refractivity contribution in [3.8, 4) is 34.1 Å². The van der Waals surface area contributed by atoms with Crippen LogP contribution in [0.25, 0.3) is 11.1 Å². The Morgan fingerprint density at radius 3 is 1.19 bits per heavy atom. The van der Waals surface area contributed by atoms with Crippen LogP contribution in [0.5, 0.6) is 23.0 Å². The molecule has 0 amide bonds. The Labute approximate surface area is 183 Å². The molecule has 4 aromatic carbocycles. The SMILES string of the molecule is O=C(O)c1ccc(Oc2ccccc2-c2ccccc2Oc2ccc(C(=O)O)cc2)cc1. The molecule has 2 N–H and O–H groups in total. The van der Waals surface area contributed by atoms with Crippen LogP contribution in [-0.2, 0) is 0 Å². The van der Waals surface area contributed by atoms with Crippen LogP contribution in [0, 0.1) is 0 Å². The quantitative estimate of drug-likeness (QED) is 0.358. The summed E-state index contributed by atoms with van der Waals surface area (Å²) >= 11 is 0. The van der Waals surface area contributed by atoms with Crippen LogP contribution in [0.4, 0.5) is 0 Å². The number of rotatable bonds is 7. The van der Waals surface area contributed by atoms with Gasteiger partial charge in [-0.3, -0.25) is 0 Å². The van der Waals surface area contributed by atoms with Gasteiger partial charge < -0.3 is 19.7 Å². The number of carbonyl (C=O) groups is 2. The first-order chi connectivity index (χ1) is 15.5. The lowest BCUT2D eigenvalue weighted by atomic mass is 10.0. The monoisotopic (exact) mass is 426 g/mol. The van der Waals surface area contributed by atoms with E-state index in [4.69, 9.17) is 19.7 Å². The van der Waals surface area contributed by atoms with E-state index >= 15 is 0 Å². The zero-order chi connectivity index (χ0) is 22.5. The molecule has 6 nitrogen and oxygen atoms in total. The maximum atomic E-state index is 11.1. The molecule has 0 aliphatic carbocycles. The predicted molar refractivity (Wildman–Crippen MR) is 119 cm³/mol. The fourth-order valence-corrected chi connectivity index (χ4v) is 3.14. The Bertz CT molecular complexity index is 1160. The molecule has 0 unspecified atom stereocenters. The molecule has 0 aliphatic rings. The van der Waals surface area contributed by atoms with Crippen LogP contribution >= 0.6 is 0 Å². The molecule has 158 valence electrons. The van der Waals surface area contributed by atoms with Crippen LogP contribution in [-0.4, -0.2) is 22.2 Å². The standard InChI is InChI=1S/C26H18O6/c27-25(28)17-9-13-19(14-10-17)31-23-7-3-1-5-21(23)22-6-2-4-8-24(22)32-20-15-11-18(12-16-20)26(29)30/h1-16H,(H,27,28)(H,29,30). The molecule has 0 heterocycles. The highest BCUT2D eigenvalue weighted by Crippen LogP contribution is 2.39. The summed E-state index contributed by atoms with van der Waals surface area (Å²) in [5, 5.41) is 18.1. The normalized spacial score (nSPS) is 10.4. The van der Waals surface area contributed by atoms with E-state index in [-0.39, 0.29) is 11.1 Å². The number of carboxylic acids is 2. The van der Waals surface area contributed by atoms with E-state index in [0.717, 1.165) is 11.1 Å². The van der Waals surface area contributed by atoms with Gasteiger partial charge in [0, 0.05) is 11.1 Å². The summed E-state index contributed by atoms with van der Waals surface area (Å²) in [4.78, 5) is 22.1. The fourth-order valence-electron chi connectivity index (χ4n) is 3.14. The Morgan fingerprint density at radius 1 is 0.500 bits per heavy atom. The van der Waals surface area contributed by atoms with E-state index in [9.17, 15) is 9.59 Å². The maximum Gasteiger partial charge on any atom is 0.335 e. The molecule has 32 heavy (non-hydrogen) atoms. The highest BCUT2D eigenvalue weighted by Gasteiger charge is 2.13. The van der Waals surface area contributed by atoms with Crippen molar-refractivity contribution in [1.82, 2.24) is 0 Å². The Morgan fingerprint density at radius 2 is 0.844 bits per heavy atom.